The van der Waals surface area contributed by atoms with Crippen molar-refractivity contribution in [1.82, 2.24) is 4.90 Å². The summed E-state index contributed by atoms with van der Waals surface area (Å²) in [5.41, 5.74) is 0. The molecule has 0 unspecified atom stereocenters. The second kappa shape index (κ2) is 3.02. The van der Waals surface area contributed by atoms with Crippen LogP contribution in [0.3, 0.4) is 0 Å². The number of likely N-dealkylation sites (tertiary alicyclic amines) is 1. The summed E-state index contributed by atoms with van der Waals surface area (Å²) in [6.45, 7) is 0.761. The van der Waals surface area contributed by atoms with Gasteiger partial charge in [-0.3, -0.25) is 4.79 Å². The van der Waals surface area contributed by atoms with Crippen LogP contribution >= 0.6 is 0 Å². The van der Waals surface area contributed by atoms with Crippen LogP contribution in [0.1, 0.15) is 12.8 Å². The number of nitrogens with zero attached hydrogens (tertiary/aromatic N) is 2. The Kier molecular flexibility index (Phi) is 2.06. The molecule has 0 radical (unpaired) electrons. The normalized spacial score (nSPS) is 18.3. The molecule has 1 aliphatic rings. The number of carbonyl (C=O) groups excluding carboxylic acids is 1. The third-order valence-electron chi connectivity index (χ3n) is 1.44. The number of rotatable bonds is 1. The van der Waals surface area contributed by atoms with E-state index in [0.29, 0.717) is 6.42 Å². The molecule has 0 N–H and O–H groups in total. The molecule has 1 heterocycles. The van der Waals surface area contributed by atoms with Crippen LogP contribution in [0.4, 0.5) is 0 Å². The predicted octanol–water partition coefficient (Wildman–Crippen LogP) is 0.646. The molecular formula is C7H8N2O. The van der Waals surface area contributed by atoms with Crippen molar-refractivity contribution < 1.29 is 4.79 Å². The first-order valence-corrected chi connectivity index (χ1v) is 3.20. The smallest absolute Gasteiger partial charge is 0.226 e. The average Bonchev–Trinajstić information content (AvgIpc) is 2.31. The molecule has 1 rings (SSSR count). The molecule has 0 aromatic heterocycles. The lowest BCUT2D eigenvalue weighted by Gasteiger charge is -2.05. The highest BCUT2D eigenvalue weighted by molar-refractivity contribution is 5.79. The SMILES string of the molecule is N#CC=CN1CCCC1=O. The van der Waals surface area contributed by atoms with Gasteiger partial charge in [0, 0.05) is 25.2 Å². The fourth-order valence-corrected chi connectivity index (χ4v) is 0.950. The fourth-order valence-electron chi connectivity index (χ4n) is 0.950. The van der Waals surface area contributed by atoms with Crippen molar-refractivity contribution in [2.45, 2.75) is 12.8 Å². The quantitative estimate of drug-likeness (QED) is 0.496. The highest BCUT2D eigenvalue weighted by atomic mass is 16.2. The zero-order valence-corrected chi connectivity index (χ0v) is 5.58. The molecule has 52 valence electrons. The maximum Gasteiger partial charge on any atom is 0.226 e. The number of amides is 1. The Bertz CT molecular complexity index is 202. The Labute approximate surface area is 59.5 Å². The summed E-state index contributed by atoms with van der Waals surface area (Å²) in [6.07, 6.45) is 4.39. The van der Waals surface area contributed by atoms with Crippen molar-refractivity contribution in [3.8, 4) is 6.07 Å². The lowest BCUT2D eigenvalue weighted by molar-refractivity contribution is -0.125. The highest BCUT2D eigenvalue weighted by Crippen LogP contribution is 2.08. The molecule has 0 aliphatic carbocycles. The maximum atomic E-state index is 10.8. The van der Waals surface area contributed by atoms with Gasteiger partial charge in [0.2, 0.25) is 5.91 Å². The van der Waals surface area contributed by atoms with Crippen molar-refractivity contribution in [3.05, 3.63) is 12.3 Å². The van der Waals surface area contributed by atoms with Gasteiger partial charge in [0.25, 0.3) is 0 Å². The van der Waals surface area contributed by atoms with Gasteiger partial charge >= 0.3 is 0 Å². The second-order valence-corrected chi connectivity index (χ2v) is 2.14. The van der Waals surface area contributed by atoms with E-state index < -0.39 is 0 Å². The Morgan fingerprint density at radius 1 is 1.70 bits per heavy atom. The van der Waals surface area contributed by atoms with Gasteiger partial charge in [-0.1, -0.05) is 0 Å². The molecule has 1 saturated heterocycles. The highest BCUT2D eigenvalue weighted by Gasteiger charge is 2.16. The monoisotopic (exact) mass is 136 g/mol. The van der Waals surface area contributed by atoms with E-state index in [9.17, 15) is 4.79 Å². The van der Waals surface area contributed by atoms with Crippen molar-refractivity contribution in [2.24, 2.45) is 0 Å². The first-order valence-electron chi connectivity index (χ1n) is 3.20. The van der Waals surface area contributed by atoms with E-state index in [4.69, 9.17) is 5.26 Å². The van der Waals surface area contributed by atoms with Crippen LogP contribution in [-0.2, 0) is 4.79 Å². The van der Waals surface area contributed by atoms with Gasteiger partial charge in [0.1, 0.15) is 0 Å². The standard InChI is InChI=1S/C7H8N2O/c8-4-2-6-9-5-1-3-7(9)10/h2,6H,1,3,5H2. The third kappa shape index (κ3) is 1.35. The van der Waals surface area contributed by atoms with Crippen LogP contribution in [0.5, 0.6) is 0 Å². The van der Waals surface area contributed by atoms with E-state index >= 15 is 0 Å². The first-order chi connectivity index (χ1) is 4.84. The van der Waals surface area contributed by atoms with E-state index in [-0.39, 0.29) is 5.91 Å². The van der Waals surface area contributed by atoms with Crippen molar-refractivity contribution >= 4 is 5.91 Å². The average molecular weight is 136 g/mol. The van der Waals surface area contributed by atoms with Gasteiger partial charge in [-0.05, 0) is 6.42 Å². The van der Waals surface area contributed by atoms with E-state index in [2.05, 4.69) is 0 Å². The van der Waals surface area contributed by atoms with Crippen LogP contribution in [0.2, 0.25) is 0 Å². The topological polar surface area (TPSA) is 44.1 Å². The van der Waals surface area contributed by atoms with Crippen LogP contribution in [0.25, 0.3) is 0 Å². The first kappa shape index (κ1) is 6.81. The number of hydrogen-bond donors (Lipinski definition) is 0. The molecule has 0 saturated carbocycles. The molecule has 1 amide bonds. The summed E-state index contributed by atoms with van der Waals surface area (Å²) in [7, 11) is 0. The van der Waals surface area contributed by atoms with Crippen LogP contribution in [0, 0.1) is 11.3 Å². The molecule has 10 heavy (non-hydrogen) atoms. The predicted molar refractivity (Wildman–Crippen MR) is 35.7 cm³/mol. The molecule has 3 nitrogen and oxygen atoms in total. The minimum atomic E-state index is 0.117. The van der Waals surface area contributed by atoms with Gasteiger partial charge in [0.15, 0.2) is 0 Å². The van der Waals surface area contributed by atoms with Gasteiger partial charge in [0.05, 0.1) is 6.07 Å². The zero-order valence-electron chi connectivity index (χ0n) is 5.58. The molecule has 0 aromatic rings. The minimum Gasteiger partial charge on any atom is -0.318 e. The number of nitriles is 1. The molecule has 0 spiro atoms. The Balaban J connectivity index is 2.50. The van der Waals surface area contributed by atoms with E-state index in [0.717, 1.165) is 13.0 Å². The lowest BCUT2D eigenvalue weighted by atomic mass is 10.4. The number of hydrogen-bond acceptors (Lipinski definition) is 2. The Morgan fingerprint density at radius 3 is 3.00 bits per heavy atom. The minimum absolute atomic E-state index is 0.117. The molecule has 1 fully saturated rings. The largest absolute Gasteiger partial charge is 0.318 e. The Hall–Kier alpha value is -1.30. The van der Waals surface area contributed by atoms with E-state index in [1.165, 1.54) is 12.3 Å². The van der Waals surface area contributed by atoms with Gasteiger partial charge in [-0.15, -0.1) is 0 Å². The van der Waals surface area contributed by atoms with Gasteiger partial charge < -0.3 is 4.90 Å². The summed E-state index contributed by atoms with van der Waals surface area (Å²) in [5, 5.41) is 8.14. The summed E-state index contributed by atoms with van der Waals surface area (Å²) in [5.74, 6) is 0.117. The molecule has 1 aliphatic heterocycles. The van der Waals surface area contributed by atoms with Crippen LogP contribution in [0.15, 0.2) is 12.3 Å². The maximum absolute atomic E-state index is 10.8. The zero-order chi connectivity index (χ0) is 7.40. The summed E-state index contributed by atoms with van der Waals surface area (Å²) >= 11 is 0. The van der Waals surface area contributed by atoms with Crippen molar-refractivity contribution in [3.63, 3.8) is 0 Å². The number of carbonyl (C=O) groups is 1. The molecule has 3 heteroatoms. The van der Waals surface area contributed by atoms with Crippen molar-refractivity contribution in [2.75, 3.05) is 6.54 Å². The number of allylic oxidation sites excluding steroid dienone is 1. The second-order valence-electron chi connectivity index (χ2n) is 2.14. The van der Waals surface area contributed by atoms with Gasteiger partial charge in [-0.2, -0.15) is 5.26 Å². The molecular weight excluding hydrogens is 128 g/mol. The van der Waals surface area contributed by atoms with Crippen LogP contribution in [-0.4, -0.2) is 17.4 Å². The molecule has 0 aromatic carbocycles. The molecule has 0 atom stereocenters. The van der Waals surface area contributed by atoms with Gasteiger partial charge in [-0.25, -0.2) is 0 Å². The third-order valence-corrected chi connectivity index (χ3v) is 1.44. The lowest BCUT2D eigenvalue weighted by Crippen LogP contribution is -2.16. The van der Waals surface area contributed by atoms with E-state index in [1.54, 1.807) is 4.90 Å². The molecule has 0 bridgehead atoms. The summed E-state index contributed by atoms with van der Waals surface area (Å²) in [4.78, 5) is 12.4. The van der Waals surface area contributed by atoms with E-state index in [1.807, 2.05) is 6.07 Å². The van der Waals surface area contributed by atoms with Crippen LogP contribution < -0.4 is 0 Å². The Morgan fingerprint density at radius 2 is 2.50 bits per heavy atom. The van der Waals surface area contributed by atoms with Crippen molar-refractivity contribution in [1.29, 1.82) is 5.26 Å². The summed E-state index contributed by atoms with van der Waals surface area (Å²) in [6, 6.07) is 1.84. The fraction of sp³-hybridized carbons (Fsp3) is 0.429. The summed E-state index contributed by atoms with van der Waals surface area (Å²) < 4.78 is 0.